The normalized spacial score (nSPS) is 16.0. The van der Waals surface area contributed by atoms with Gasteiger partial charge < -0.3 is 5.32 Å². The minimum atomic E-state index is -3.40. The standard InChI is InChI=1S/C17H17ClF3N7.ClH/c18-10-5-13(19)14(22-6-10)17(20,21)8-28-3-1-11(2-4-28)26-15-12-7-25-27-16(12)24-9-23-15;/h5-7,9,11H,1-4,8H2,(H2,23,24,25,26,27);1H. The van der Waals surface area contributed by atoms with Gasteiger partial charge in [0.1, 0.15) is 17.8 Å². The molecule has 3 aromatic rings. The fourth-order valence-corrected chi connectivity index (χ4v) is 3.49. The van der Waals surface area contributed by atoms with Crippen molar-refractivity contribution in [3.63, 3.8) is 0 Å². The van der Waals surface area contributed by atoms with Crippen molar-refractivity contribution in [3.8, 4) is 0 Å². The molecule has 1 fully saturated rings. The highest BCUT2D eigenvalue weighted by molar-refractivity contribution is 6.30. The Balaban J connectivity index is 0.00000240. The number of rotatable bonds is 5. The third-order valence-electron chi connectivity index (χ3n) is 4.75. The van der Waals surface area contributed by atoms with Crippen LogP contribution in [0.1, 0.15) is 18.5 Å². The van der Waals surface area contributed by atoms with Gasteiger partial charge in [-0.25, -0.2) is 14.4 Å². The average Bonchev–Trinajstić information content (AvgIpc) is 3.12. The van der Waals surface area contributed by atoms with Crippen molar-refractivity contribution >= 4 is 40.9 Å². The highest BCUT2D eigenvalue weighted by Gasteiger charge is 2.39. The number of aromatic amines is 1. The van der Waals surface area contributed by atoms with E-state index in [0.717, 1.165) is 17.6 Å². The lowest BCUT2D eigenvalue weighted by Gasteiger charge is -2.34. The molecule has 0 spiro atoms. The van der Waals surface area contributed by atoms with E-state index in [2.05, 4.69) is 30.5 Å². The van der Waals surface area contributed by atoms with Crippen LogP contribution >= 0.6 is 24.0 Å². The number of halogens is 5. The number of hydrogen-bond donors (Lipinski definition) is 2. The van der Waals surface area contributed by atoms with Crippen molar-refractivity contribution in [1.29, 1.82) is 0 Å². The van der Waals surface area contributed by atoms with E-state index in [9.17, 15) is 13.2 Å². The molecule has 1 saturated heterocycles. The molecule has 0 amide bonds. The van der Waals surface area contributed by atoms with Gasteiger partial charge in [-0.1, -0.05) is 11.6 Å². The maximum atomic E-state index is 14.5. The molecule has 0 saturated carbocycles. The van der Waals surface area contributed by atoms with E-state index in [-0.39, 0.29) is 23.5 Å². The Morgan fingerprint density at radius 2 is 1.97 bits per heavy atom. The number of aromatic nitrogens is 5. The molecule has 0 aliphatic carbocycles. The second-order valence-electron chi connectivity index (χ2n) is 6.74. The van der Waals surface area contributed by atoms with Crippen LogP contribution in [0, 0.1) is 5.82 Å². The van der Waals surface area contributed by atoms with Crippen LogP contribution in [0.3, 0.4) is 0 Å². The van der Waals surface area contributed by atoms with Crippen LogP contribution in [0.15, 0.2) is 24.8 Å². The number of alkyl halides is 2. The summed E-state index contributed by atoms with van der Waals surface area (Å²) in [5, 5.41) is 10.8. The number of nitrogens with zero attached hydrogens (tertiary/aromatic N) is 5. The first-order valence-electron chi connectivity index (χ1n) is 8.75. The largest absolute Gasteiger partial charge is 0.367 e. The lowest BCUT2D eigenvalue weighted by Crippen LogP contribution is -2.44. The zero-order chi connectivity index (χ0) is 19.7. The summed E-state index contributed by atoms with van der Waals surface area (Å²) in [6.45, 7) is 0.301. The van der Waals surface area contributed by atoms with E-state index in [1.54, 1.807) is 11.1 Å². The molecular weight excluding hydrogens is 430 g/mol. The zero-order valence-electron chi connectivity index (χ0n) is 15.1. The summed E-state index contributed by atoms with van der Waals surface area (Å²) in [5.74, 6) is -3.83. The highest BCUT2D eigenvalue weighted by Crippen LogP contribution is 2.31. The number of fused-ring (bicyclic) bond motifs is 1. The molecule has 2 N–H and O–H groups in total. The molecule has 3 aromatic heterocycles. The first-order chi connectivity index (χ1) is 13.4. The predicted octanol–water partition coefficient (Wildman–Crippen LogP) is 3.63. The monoisotopic (exact) mass is 447 g/mol. The molecule has 4 rings (SSSR count). The molecule has 1 aliphatic rings. The topological polar surface area (TPSA) is 82.6 Å². The third-order valence-corrected chi connectivity index (χ3v) is 4.96. The highest BCUT2D eigenvalue weighted by atomic mass is 35.5. The van der Waals surface area contributed by atoms with Gasteiger partial charge in [0.25, 0.3) is 0 Å². The Morgan fingerprint density at radius 1 is 1.21 bits per heavy atom. The van der Waals surface area contributed by atoms with Crippen LogP contribution in [0.2, 0.25) is 5.02 Å². The second-order valence-corrected chi connectivity index (χ2v) is 7.17. The lowest BCUT2D eigenvalue weighted by molar-refractivity contribution is -0.0486. The molecule has 0 aromatic carbocycles. The van der Waals surface area contributed by atoms with Gasteiger partial charge in [-0.2, -0.15) is 13.9 Å². The number of piperidine rings is 1. The number of likely N-dealkylation sites (tertiary alicyclic amines) is 1. The first kappa shape index (κ1) is 21.5. The van der Waals surface area contributed by atoms with Crippen LogP contribution in [-0.2, 0) is 5.92 Å². The van der Waals surface area contributed by atoms with E-state index in [1.165, 1.54) is 6.33 Å². The summed E-state index contributed by atoms with van der Waals surface area (Å²) in [7, 11) is 0. The van der Waals surface area contributed by atoms with Crippen molar-refractivity contribution in [2.24, 2.45) is 0 Å². The quantitative estimate of drug-likeness (QED) is 0.621. The molecule has 0 unspecified atom stereocenters. The van der Waals surface area contributed by atoms with Crippen LogP contribution in [0.4, 0.5) is 19.0 Å². The fraction of sp³-hybridized carbons (Fsp3) is 0.412. The van der Waals surface area contributed by atoms with Crippen molar-refractivity contribution in [1.82, 2.24) is 30.0 Å². The maximum absolute atomic E-state index is 14.5. The van der Waals surface area contributed by atoms with Crippen molar-refractivity contribution in [2.75, 3.05) is 25.0 Å². The number of hydrogen-bond acceptors (Lipinski definition) is 6. The molecule has 0 radical (unpaired) electrons. The lowest BCUT2D eigenvalue weighted by atomic mass is 10.0. The van der Waals surface area contributed by atoms with E-state index in [4.69, 9.17) is 11.6 Å². The van der Waals surface area contributed by atoms with Gasteiger partial charge in [-0.3, -0.25) is 15.0 Å². The second kappa shape index (κ2) is 8.68. The van der Waals surface area contributed by atoms with E-state index in [0.29, 0.717) is 37.4 Å². The minimum absolute atomic E-state index is 0. The first-order valence-corrected chi connectivity index (χ1v) is 9.12. The average molecular weight is 448 g/mol. The Kier molecular flexibility index (Phi) is 6.45. The van der Waals surface area contributed by atoms with E-state index in [1.807, 2.05) is 0 Å². The van der Waals surface area contributed by atoms with Gasteiger partial charge >= 0.3 is 5.92 Å². The number of nitrogens with one attached hydrogen (secondary N) is 2. The van der Waals surface area contributed by atoms with E-state index >= 15 is 0 Å². The summed E-state index contributed by atoms with van der Waals surface area (Å²) < 4.78 is 42.8. The Bertz CT molecular complexity index is 977. The van der Waals surface area contributed by atoms with Crippen molar-refractivity contribution in [3.05, 3.63) is 41.3 Å². The van der Waals surface area contributed by atoms with Gasteiger partial charge in [0, 0.05) is 25.3 Å². The molecule has 29 heavy (non-hydrogen) atoms. The van der Waals surface area contributed by atoms with Crippen LogP contribution in [0.25, 0.3) is 11.0 Å². The number of H-pyrrole nitrogens is 1. The molecule has 7 nitrogen and oxygen atoms in total. The molecule has 12 heteroatoms. The fourth-order valence-electron chi connectivity index (χ4n) is 3.35. The van der Waals surface area contributed by atoms with Gasteiger partial charge in [0.15, 0.2) is 11.5 Å². The Morgan fingerprint density at radius 3 is 2.69 bits per heavy atom. The zero-order valence-corrected chi connectivity index (χ0v) is 16.7. The smallest absolute Gasteiger partial charge is 0.304 e. The van der Waals surface area contributed by atoms with Gasteiger partial charge in [0.05, 0.1) is 23.2 Å². The molecule has 0 bridgehead atoms. The molecule has 4 heterocycles. The molecular formula is C17H18Cl2F3N7. The van der Waals surface area contributed by atoms with Crippen molar-refractivity contribution < 1.29 is 13.2 Å². The van der Waals surface area contributed by atoms with Crippen LogP contribution in [-0.4, -0.2) is 55.7 Å². The molecule has 156 valence electrons. The van der Waals surface area contributed by atoms with Gasteiger partial charge in [-0.05, 0) is 18.9 Å². The number of anilines is 1. The summed E-state index contributed by atoms with van der Waals surface area (Å²) >= 11 is 5.59. The van der Waals surface area contributed by atoms with Gasteiger partial charge in [0.2, 0.25) is 0 Å². The van der Waals surface area contributed by atoms with Gasteiger partial charge in [-0.15, -0.1) is 12.4 Å². The molecule has 0 atom stereocenters. The predicted molar refractivity (Wildman–Crippen MR) is 105 cm³/mol. The SMILES string of the molecule is Cl.Fc1cc(Cl)cnc1C(F)(F)CN1CCC(Nc2ncnc3[nH]ncc23)CC1. The Labute approximate surface area is 175 Å². The van der Waals surface area contributed by atoms with E-state index < -0.39 is 24.0 Å². The summed E-state index contributed by atoms with van der Waals surface area (Å²) in [5.41, 5.74) is -0.243. The minimum Gasteiger partial charge on any atom is -0.367 e. The number of pyridine rings is 1. The molecule has 1 aliphatic heterocycles. The van der Waals surface area contributed by atoms with Crippen LogP contribution < -0.4 is 5.32 Å². The van der Waals surface area contributed by atoms with Crippen LogP contribution in [0.5, 0.6) is 0 Å². The third kappa shape index (κ3) is 4.71. The summed E-state index contributed by atoms with van der Waals surface area (Å²) in [4.78, 5) is 13.4. The summed E-state index contributed by atoms with van der Waals surface area (Å²) in [6.07, 6.45) is 5.40. The van der Waals surface area contributed by atoms with Crippen molar-refractivity contribution in [2.45, 2.75) is 24.8 Å². The maximum Gasteiger partial charge on any atom is 0.304 e. The Hall–Kier alpha value is -2.17. The summed E-state index contributed by atoms with van der Waals surface area (Å²) in [6, 6.07) is 0.940.